The van der Waals surface area contributed by atoms with Crippen LogP contribution in [0.4, 0.5) is 0 Å². The summed E-state index contributed by atoms with van der Waals surface area (Å²) in [5.74, 6) is 0. The molecular weight excluding hydrogens is 220 g/mol. The lowest BCUT2D eigenvalue weighted by Crippen LogP contribution is -2.10. The van der Waals surface area contributed by atoms with E-state index >= 15 is 0 Å². The zero-order valence-corrected chi connectivity index (χ0v) is 10.7. The molecule has 0 unspecified atom stereocenters. The summed E-state index contributed by atoms with van der Waals surface area (Å²) in [6.07, 6.45) is 1.04. The van der Waals surface area contributed by atoms with Gasteiger partial charge in [-0.05, 0) is 50.7 Å². The second-order valence-corrected chi connectivity index (χ2v) is 4.57. The van der Waals surface area contributed by atoms with Crippen LogP contribution in [0.2, 0.25) is 5.02 Å². The normalized spacial score (nSPS) is 11.2. The van der Waals surface area contributed by atoms with Crippen molar-refractivity contribution in [2.24, 2.45) is 7.05 Å². The molecule has 1 N–H and O–H groups in total. The number of halogens is 1. The standard InChI is InChI=1S/C13H17ClN2/c1-9-11(6-7-15-2)12-8-10(14)4-5-13(12)16(9)3/h4-5,8,15H,6-7H2,1-3H3. The van der Waals surface area contributed by atoms with Gasteiger partial charge in [0, 0.05) is 28.7 Å². The Bertz CT molecular complexity index is 514. The molecule has 2 rings (SSSR count). The Morgan fingerprint density at radius 2 is 2.12 bits per heavy atom. The summed E-state index contributed by atoms with van der Waals surface area (Å²) in [4.78, 5) is 0. The van der Waals surface area contributed by atoms with Crippen LogP contribution in [0.25, 0.3) is 10.9 Å². The number of rotatable bonds is 3. The number of aromatic nitrogens is 1. The Morgan fingerprint density at radius 3 is 2.81 bits per heavy atom. The monoisotopic (exact) mass is 236 g/mol. The van der Waals surface area contributed by atoms with E-state index in [9.17, 15) is 0 Å². The SMILES string of the molecule is CNCCc1c(C)n(C)c2ccc(Cl)cc12. The summed E-state index contributed by atoms with van der Waals surface area (Å²) >= 11 is 6.06. The molecule has 0 amide bonds. The first-order valence-corrected chi connectivity index (χ1v) is 5.91. The maximum atomic E-state index is 6.06. The molecule has 0 saturated heterocycles. The van der Waals surface area contributed by atoms with Crippen molar-refractivity contribution >= 4 is 22.5 Å². The Labute approximate surface area is 101 Å². The predicted octanol–water partition coefficient (Wildman–Crippen LogP) is 2.90. The van der Waals surface area contributed by atoms with E-state index < -0.39 is 0 Å². The Balaban J connectivity index is 2.61. The van der Waals surface area contributed by atoms with Crippen LogP contribution in [0.1, 0.15) is 11.3 Å². The molecule has 0 radical (unpaired) electrons. The Kier molecular flexibility index (Phi) is 3.22. The van der Waals surface area contributed by atoms with E-state index in [0.29, 0.717) is 0 Å². The van der Waals surface area contributed by atoms with Crippen LogP contribution < -0.4 is 5.32 Å². The molecule has 0 spiro atoms. The minimum absolute atomic E-state index is 0.809. The third kappa shape index (κ3) is 1.83. The van der Waals surface area contributed by atoms with Gasteiger partial charge in [0.15, 0.2) is 0 Å². The topological polar surface area (TPSA) is 17.0 Å². The molecule has 3 heteroatoms. The van der Waals surface area contributed by atoms with Gasteiger partial charge in [0.2, 0.25) is 0 Å². The van der Waals surface area contributed by atoms with Gasteiger partial charge in [0.1, 0.15) is 0 Å². The number of nitrogens with one attached hydrogen (secondary N) is 1. The number of hydrogen-bond acceptors (Lipinski definition) is 1. The number of aryl methyl sites for hydroxylation is 1. The van der Waals surface area contributed by atoms with E-state index in [1.54, 1.807) is 0 Å². The summed E-state index contributed by atoms with van der Waals surface area (Å²) in [6.45, 7) is 3.16. The largest absolute Gasteiger partial charge is 0.348 e. The second kappa shape index (κ2) is 4.48. The Hall–Kier alpha value is -0.990. The van der Waals surface area contributed by atoms with Gasteiger partial charge in [-0.3, -0.25) is 0 Å². The molecule has 16 heavy (non-hydrogen) atoms. The Morgan fingerprint density at radius 1 is 1.38 bits per heavy atom. The zero-order valence-electron chi connectivity index (χ0n) is 9.97. The van der Waals surface area contributed by atoms with E-state index in [2.05, 4.69) is 36.0 Å². The van der Waals surface area contributed by atoms with Crippen LogP contribution in [-0.2, 0) is 13.5 Å². The van der Waals surface area contributed by atoms with Crippen molar-refractivity contribution in [1.29, 1.82) is 0 Å². The average Bonchev–Trinajstić information content (AvgIpc) is 2.50. The van der Waals surface area contributed by atoms with E-state index in [1.165, 1.54) is 22.2 Å². The van der Waals surface area contributed by atoms with Crippen LogP contribution in [0.5, 0.6) is 0 Å². The molecule has 0 saturated carbocycles. The second-order valence-electron chi connectivity index (χ2n) is 4.14. The number of likely N-dealkylation sites (N-methyl/N-ethyl adjacent to an activating group) is 1. The molecule has 1 aromatic heterocycles. The highest BCUT2D eigenvalue weighted by molar-refractivity contribution is 6.31. The summed E-state index contributed by atoms with van der Waals surface area (Å²) < 4.78 is 2.23. The van der Waals surface area contributed by atoms with Crippen LogP contribution in [0, 0.1) is 6.92 Å². The van der Waals surface area contributed by atoms with Crippen LogP contribution >= 0.6 is 11.6 Å². The maximum absolute atomic E-state index is 6.06. The van der Waals surface area contributed by atoms with Crippen LogP contribution in [-0.4, -0.2) is 18.2 Å². The fraction of sp³-hybridized carbons (Fsp3) is 0.385. The third-order valence-electron chi connectivity index (χ3n) is 3.21. The van der Waals surface area contributed by atoms with Crippen molar-refractivity contribution in [1.82, 2.24) is 9.88 Å². The number of nitrogens with zero attached hydrogens (tertiary/aromatic N) is 1. The lowest BCUT2D eigenvalue weighted by molar-refractivity contribution is 0.783. The van der Waals surface area contributed by atoms with E-state index in [4.69, 9.17) is 11.6 Å². The molecule has 0 bridgehead atoms. The first kappa shape index (κ1) is 11.5. The first-order valence-electron chi connectivity index (χ1n) is 5.53. The van der Waals surface area contributed by atoms with Crippen molar-refractivity contribution in [3.8, 4) is 0 Å². The molecule has 86 valence electrons. The highest BCUT2D eigenvalue weighted by Crippen LogP contribution is 2.27. The van der Waals surface area contributed by atoms with Crippen molar-refractivity contribution < 1.29 is 0 Å². The molecular formula is C13H17ClN2. The smallest absolute Gasteiger partial charge is 0.0483 e. The number of fused-ring (bicyclic) bond motifs is 1. The van der Waals surface area contributed by atoms with Crippen molar-refractivity contribution in [3.63, 3.8) is 0 Å². The van der Waals surface area contributed by atoms with Crippen molar-refractivity contribution in [2.45, 2.75) is 13.3 Å². The quantitative estimate of drug-likeness (QED) is 0.867. The highest BCUT2D eigenvalue weighted by Gasteiger charge is 2.11. The molecule has 0 fully saturated rings. The summed E-state index contributed by atoms with van der Waals surface area (Å²) in [5, 5.41) is 5.28. The predicted molar refractivity (Wildman–Crippen MR) is 70.3 cm³/mol. The third-order valence-corrected chi connectivity index (χ3v) is 3.45. The lowest BCUT2D eigenvalue weighted by Gasteiger charge is -2.01. The minimum atomic E-state index is 0.809. The summed E-state index contributed by atoms with van der Waals surface area (Å²) in [7, 11) is 4.09. The molecule has 1 aromatic carbocycles. The van der Waals surface area contributed by atoms with Gasteiger partial charge in [-0.2, -0.15) is 0 Å². The minimum Gasteiger partial charge on any atom is -0.348 e. The summed E-state index contributed by atoms with van der Waals surface area (Å²) in [5.41, 5.74) is 3.98. The van der Waals surface area contributed by atoms with Crippen LogP contribution in [0.3, 0.4) is 0 Å². The molecule has 0 aliphatic heterocycles. The number of hydrogen-bond donors (Lipinski definition) is 1. The van der Waals surface area contributed by atoms with E-state index in [-0.39, 0.29) is 0 Å². The van der Waals surface area contributed by atoms with Gasteiger partial charge in [-0.15, -0.1) is 0 Å². The van der Waals surface area contributed by atoms with Gasteiger partial charge in [-0.25, -0.2) is 0 Å². The molecule has 1 heterocycles. The van der Waals surface area contributed by atoms with E-state index in [1.807, 2.05) is 13.1 Å². The molecule has 0 aliphatic carbocycles. The first-order chi connectivity index (χ1) is 7.65. The number of benzene rings is 1. The lowest BCUT2D eigenvalue weighted by atomic mass is 10.1. The van der Waals surface area contributed by atoms with Gasteiger partial charge in [-0.1, -0.05) is 11.6 Å². The van der Waals surface area contributed by atoms with Crippen LogP contribution in [0.15, 0.2) is 18.2 Å². The van der Waals surface area contributed by atoms with E-state index in [0.717, 1.165) is 18.0 Å². The summed E-state index contributed by atoms with van der Waals surface area (Å²) in [6, 6.07) is 6.10. The maximum Gasteiger partial charge on any atom is 0.0483 e. The molecule has 0 aliphatic rings. The van der Waals surface area contributed by atoms with Gasteiger partial charge < -0.3 is 9.88 Å². The van der Waals surface area contributed by atoms with Crippen molar-refractivity contribution in [2.75, 3.05) is 13.6 Å². The molecule has 2 nitrogen and oxygen atoms in total. The van der Waals surface area contributed by atoms with Gasteiger partial charge in [0.05, 0.1) is 0 Å². The highest BCUT2D eigenvalue weighted by atomic mass is 35.5. The molecule has 0 atom stereocenters. The fourth-order valence-electron chi connectivity index (χ4n) is 2.19. The average molecular weight is 237 g/mol. The van der Waals surface area contributed by atoms with Gasteiger partial charge >= 0.3 is 0 Å². The van der Waals surface area contributed by atoms with Gasteiger partial charge in [0.25, 0.3) is 0 Å². The fourth-order valence-corrected chi connectivity index (χ4v) is 2.36. The molecule has 2 aromatic rings. The van der Waals surface area contributed by atoms with Crippen molar-refractivity contribution in [3.05, 3.63) is 34.5 Å². The zero-order chi connectivity index (χ0) is 11.7.